The summed E-state index contributed by atoms with van der Waals surface area (Å²) in [4.78, 5) is 2.30. The van der Waals surface area contributed by atoms with Crippen molar-refractivity contribution in [2.75, 3.05) is 19.7 Å². The molecule has 21 heavy (non-hydrogen) atoms. The summed E-state index contributed by atoms with van der Waals surface area (Å²) in [5, 5.41) is 8.99. The van der Waals surface area contributed by atoms with Crippen molar-refractivity contribution in [3.05, 3.63) is 58.0 Å². The number of hydrogen-bond donors (Lipinski definition) is 0. The van der Waals surface area contributed by atoms with Gasteiger partial charge in [-0.05, 0) is 45.8 Å². The molecule has 1 aromatic carbocycles. The highest BCUT2D eigenvalue weighted by Crippen LogP contribution is 2.24. The highest BCUT2D eigenvalue weighted by atomic mass is 79.9. The average Bonchev–Trinajstić information content (AvgIpc) is 2.93. The Kier molecular flexibility index (Phi) is 4.39. The molecule has 0 amide bonds. The third-order valence-electron chi connectivity index (χ3n) is 3.55. The van der Waals surface area contributed by atoms with Gasteiger partial charge in [0.2, 0.25) is 0 Å². The summed E-state index contributed by atoms with van der Waals surface area (Å²) in [6.07, 6.45) is 0.00505. The zero-order chi connectivity index (χ0) is 14.7. The maximum Gasteiger partial charge on any atom is 0.169 e. The van der Waals surface area contributed by atoms with Crippen LogP contribution in [0.4, 0.5) is 0 Å². The molecule has 0 aliphatic carbocycles. The number of ether oxygens (including phenoxy) is 1. The van der Waals surface area contributed by atoms with Gasteiger partial charge in [0.15, 0.2) is 4.67 Å². The van der Waals surface area contributed by atoms with Gasteiger partial charge in [-0.2, -0.15) is 5.26 Å². The molecule has 1 aliphatic heterocycles. The van der Waals surface area contributed by atoms with Crippen molar-refractivity contribution < 1.29 is 9.15 Å². The summed E-state index contributed by atoms with van der Waals surface area (Å²) >= 11 is 3.32. The number of halogens is 1. The van der Waals surface area contributed by atoms with E-state index in [2.05, 4.69) is 26.9 Å². The SMILES string of the molecule is N#Cc1cccc([C@H]2CN(Cc3ccc(Br)o3)CCO2)c1. The van der Waals surface area contributed by atoms with E-state index in [1.54, 1.807) is 0 Å². The van der Waals surface area contributed by atoms with Gasteiger partial charge in [-0.25, -0.2) is 0 Å². The van der Waals surface area contributed by atoms with Crippen LogP contribution in [0.15, 0.2) is 45.5 Å². The number of rotatable bonds is 3. The van der Waals surface area contributed by atoms with Gasteiger partial charge in [0.25, 0.3) is 0 Å². The van der Waals surface area contributed by atoms with E-state index in [4.69, 9.17) is 14.4 Å². The van der Waals surface area contributed by atoms with Crippen LogP contribution in [0.3, 0.4) is 0 Å². The third kappa shape index (κ3) is 3.53. The number of nitriles is 1. The fourth-order valence-corrected chi connectivity index (χ4v) is 2.85. The Morgan fingerprint density at radius 3 is 3.00 bits per heavy atom. The van der Waals surface area contributed by atoms with Crippen LogP contribution in [-0.4, -0.2) is 24.6 Å². The molecule has 4 nitrogen and oxygen atoms in total. The minimum absolute atomic E-state index is 0.00505. The van der Waals surface area contributed by atoms with Gasteiger partial charge in [-0.3, -0.25) is 4.90 Å². The van der Waals surface area contributed by atoms with Gasteiger partial charge < -0.3 is 9.15 Å². The molecule has 0 bridgehead atoms. The van der Waals surface area contributed by atoms with E-state index >= 15 is 0 Å². The Labute approximate surface area is 132 Å². The minimum Gasteiger partial charge on any atom is -0.453 e. The number of furan rings is 1. The lowest BCUT2D eigenvalue weighted by molar-refractivity contribution is -0.0347. The molecule has 108 valence electrons. The molecule has 2 heterocycles. The first kappa shape index (κ1) is 14.3. The molecule has 0 N–H and O–H groups in total. The van der Waals surface area contributed by atoms with Crippen molar-refractivity contribution >= 4 is 15.9 Å². The number of hydrogen-bond acceptors (Lipinski definition) is 4. The van der Waals surface area contributed by atoms with Crippen molar-refractivity contribution in [3.8, 4) is 6.07 Å². The Morgan fingerprint density at radius 2 is 2.24 bits per heavy atom. The van der Waals surface area contributed by atoms with E-state index in [1.165, 1.54) is 0 Å². The Balaban J connectivity index is 1.69. The molecule has 1 atom stereocenters. The molecule has 3 rings (SSSR count). The zero-order valence-electron chi connectivity index (χ0n) is 11.5. The molecular weight excluding hydrogens is 332 g/mol. The van der Waals surface area contributed by atoms with Gasteiger partial charge in [0.1, 0.15) is 5.76 Å². The summed E-state index contributed by atoms with van der Waals surface area (Å²) < 4.78 is 12.2. The molecule has 1 fully saturated rings. The second kappa shape index (κ2) is 6.44. The van der Waals surface area contributed by atoms with Gasteiger partial charge in [0.05, 0.1) is 30.9 Å². The number of morpholine rings is 1. The molecular formula is C16H15BrN2O2. The van der Waals surface area contributed by atoms with Crippen LogP contribution >= 0.6 is 15.9 Å². The second-order valence-electron chi connectivity index (χ2n) is 5.04. The van der Waals surface area contributed by atoms with Crippen molar-refractivity contribution in [2.24, 2.45) is 0 Å². The average molecular weight is 347 g/mol. The lowest BCUT2D eigenvalue weighted by Gasteiger charge is -2.32. The van der Waals surface area contributed by atoms with E-state index in [0.717, 1.165) is 35.6 Å². The summed E-state index contributed by atoms with van der Waals surface area (Å²) in [5.41, 5.74) is 1.72. The summed E-state index contributed by atoms with van der Waals surface area (Å²) in [5.74, 6) is 0.938. The van der Waals surface area contributed by atoms with Crippen molar-refractivity contribution in [2.45, 2.75) is 12.6 Å². The summed E-state index contributed by atoms with van der Waals surface area (Å²) in [7, 11) is 0. The van der Waals surface area contributed by atoms with E-state index < -0.39 is 0 Å². The predicted molar refractivity (Wildman–Crippen MR) is 81.5 cm³/mol. The molecule has 2 aromatic rings. The normalized spacial score (nSPS) is 19.3. The Morgan fingerprint density at radius 1 is 1.33 bits per heavy atom. The third-order valence-corrected chi connectivity index (χ3v) is 3.97. The van der Waals surface area contributed by atoms with Gasteiger partial charge in [-0.1, -0.05) is 12.1 Å². The van der Waals surface area contributed by atoms with Crippen molar-refractivity contribution in [3.63, 3.8) is 0 Å². The smallest absolute Gasteiger partial charge is 0.169 e. The van der Waals surface area contributed by atoms with Crippen LogP contribution in [0.2, 0.25) is 0 Å². The van der Waals surface area contributed by atoms with Gasteiger partial charge in [0, 0.05) is 13.1 Å². The Bertz CT molecular complexity index is 662. The van der Waals surface area contributed by atoms with Crippen LogP contribution in [0.5, 0.6) is 0 Å². The van der Waals surface area contributed by atoms with Crippen LogP contribution in [0.25, 0.3) is 0 Å². The Hall–Kier alpha value is -1.61. The lowest BCUT2D eigenvalue weighted by atomic mass is 10.0. The molecule has 0 unspecified atom stereocenters. The van der Waals surface area contributed by atoms with E-state index in [0.29, 0.717) is 12.2 Å². The fourth-order valence-electron chi connectivity index (χ4n) is 2.51. The van der Waals surface area contributed by atoms with Crippen LogP contribution in [0, 0.1) is 11.3 Å². The maximum absolute atomic E-state index is 8.99. The highest BCUT2D eigenvalue weighted by molar-refractivity contribution is 9.10. The molecule has 5 heteroatoms. The topological polar surface area (TPSA) is 49.4 Å². The molecule has 1 aromatic heterocycles. The van der Waals surface area contributed by atoms with E-state index in [9.17, 15) is 0 Å². The number of benzene rings is 1. The van der Waals surface area contributed by atoms with Gasteiger partial charge in [-0.15, -0.1) is 0 Å². The van der Waals surface area contributed by atoms with Crippen LogP contribution in [0.1, 0.15) is 23.0 Å². The van der Waals surface area contributed by atoms with Gasteiger partial charge >= 0.3 is 0 Å². The fraction of sp³-hybridized carbons (Fsp3) is 0.312. The molecule has 0 saturated carbocycles. The monoisotopic (exact) mass is 346 g/mol. The maximum atomic E-state index is 8.99. The molecule has 1 aliphatic rings. The second-order valence-corrected chi connectivity index (χ2v) is 5.82. The molecule has 0 spiro atoms. The number of nitrogens with zero attached hydrogens (tertiary/aromatic N) is 2. The predicted octanol–water partition coefficient (Wildman–Crippen LogP) is 3.49. The minimum atomic E-state index is 0.00505. The quantitative estimate of drug-likeness (QED) is 0.853. The van der Waals surface area contributed by atoms with Crippen LogP contribution in [-0.2, 0) is 11.3 Å². The van der Waals surface area contributed by atoms with Crippen molar-refractivity contribution in [1.29, 1.82) is 5.26 Å². The summed E-state index contributed by atoms with van der Waals surface area (Å²) in [6.45, 7) is 3.13. The standard InChI is InChI=1S/C16H15BrN2O2/c17-16-5-4-14(21-16)10-19-6-7-20-15(11-19)13-3-1-2-12(8-13)9-18/h1-5,8,15H,6-7,10-11H2/t15-/m1/s1. The largest absolute Gasteiger partial charge is 0.453 e. The van der Waals surface area contributed by atoms with E-state index in [-0.39, 0.29) is 6.10 Å². The highest BCUT2D eigenvalue weighted by Gasteiger charge is 2.23. The van der Waals surface area contributed by atoms with E-state index in [1.807, 2.05) is 36.4 Å². The van der Waals surface area contributed by atoms with Crippen molar-refractivity contribution in [1.82, 2.24) is 4.90 Å². The summed E-state index contributed by atoms with van der Waals surface area (Å²) in [6, 6.07) is 13.7. The zero-order valence-corrected chi connectivity index (χ0v) is 13.0. The molecule has 0 radical (unpaired) electrons. The molecule has 1 saturated heterocycles. The lowest BCUT2D eigenvalue weighted by Crippen LogP contribution is -2.37. The first-order valence-corrected chi connectivity index (χ1v) is 7.62. The first-order valence-electron chi connectivity index (χ1n) is 6.83. The first-order chi connectivity index (χ1) is 10.2. The van der Waals surface area contributed by atoms with Crippen LogP contribution < -0.4 is 0 Å².